The second-order valence-corrected chi connectivity index (χ2v) is 5.08. The zero-order valence-electron chi connectivity index (χ0n) is 11.0. The number of hydrogen-bond acceptors (Lipinski definition) is 2. The number of hydrogen-bond donors (Lipinski definition) is 1. The zero-order chi connectivity index (χ0) is 12.4. The van der Waals surface area contributed by atoms with Crippen molar-refractivity contribution in [1.82, 2.24) is 0 Å². The third-order valence-corrected chi connectivity index (χ3v) is 3.74. The summed E-state index contributed by atoms with van der Waals surface area (Å²) in [5.74, 6) is 0.948. The maximum absolute atomic E-state index is 9.60. The van der Waals surface area contributed by atoms with Crippen LogP contribution in [0.2, 0.25) is 0 Å². The Labute approximate surface area is 104 Å². The number of aryl methyl sites for hydroxylation is 1. The van der Waals surface area contributed by atoms with Gasteiger partial charge in [0.1, 0.15) is 5.75 Å². The molecule has 2 nitrogen and oxygen atoms in total. The summed E-state index contributed by atoms with van der Waals surface area (Å²) < 4.78 is 5.48. The van der Waals surface area contributed by atoms with E-state index in [1.807, 2.05) is 6.92 Å². The molecular weight excluding hydrogens is 212 g/mol. The first kappa shape index (κ1) is 12.4. The van der Waals surface area contributed by atoms with E-state index in [-0.39, 0.29) is 6.10 Å². The third-order valence-electron chi connectivity index (χ3n) is 3.74. The predicted octanol–water partition coefficient (Wildman–Crippen LogP) is 2.81. The van der Waals surface area contributed by atoms with E-state index < -0.39 is 0 Å². The summed E-state index contributed by atoms with van der Waals surface area (Å²) in [7, 11) is 1.72. The molecule has 0 bridgehead atoms. The van der Waals surface area contributed by atoms with Crippen LogP contribution in [0.15, 0.2) is 6.07 Å². The van der Waals surface area contributed by atoms with E-state index in [4.69, 9.17) is 4.74 Å². The van der Waals surface area contributed by atoms with E-state index >= 15 is 0 Å². The minimum absolute atomic E-state index is 0.316. The maximum atomic E-state index is 9.60. The van der Waals surface area contributed by atoms with E-state index in [9.17, 15) is 5.11 Å². The van der Waals surface area contributed by atoms with Crippen LogP contribution in [0.25, 0.3) is 0 Å². The van der Waals surface area contributed by atoms with Crippen LogP contribution in [0.4, 0.5) is 0 Å². The molecule has 0 spiro atoms. The summed E-state index contributed by atoms with van der Waals surface area (Å²) in [5, 5.41) is 9.60. The summed E-state index contributed by atoms with van der Waals surface area (Å²) in [4.78, 5) is 0. The molecule has 0 saturated heterocycles. The van der Waals surface area contributed by atoms with Crippen molar-refractivity contribution < 1.29 is 9.84 Å². The van der Waals surface area contributed by atoms with Crippen molar-refractivity contribution in [3.63, 3.8) is 0 Å². The highest BCUT2D eigenvalue weighted by molar-refractivity contribution is 5.50. The highest BCUT2D eigenvalue weighted by Crippen LogP contribution is 2.33. The standard InChI is InChI=1S/C15H22O2/c1-10(16)8-14-11(2)13-7-5-4-6-12(13)9-15(14)17-3/h9-10,16H,4-8H2,1-3H3. The van der Waals surface area contributed by atoms with E-state index in [0.717, 1.165) is 5.75 Å². The Morgan fingerprint density at radius 2 is 2.06 bits per heavy atom. The van der Waals surface area contributed by atoms with Gasteiger partial charge in [0.25, 0.3) is 0 Å². The van der Waals surface area contributed by atoms with Crippen LogP contribution < -0.4 is 4.74 Å². The first-order chi connectivity index (χ1) is 8.13. The monoisotopic (exact) mass is 234 g/mol. The second kappa shape index (κ2) is 5.09. The molecule has 0 saturated carbocycles. The molecule has 0 heterocycles. The van der Waals surface area contributed by atoms with E-state index in [2.05, 4.69) is 13.0 Å². The summed E-state index contributed by atoms with van der Waals surface area (Å²) >= 11 is 0. The van der Waals surface area contributed by atoms with Gasteiger partial charge in [0.05, 0.1) is 13.2 Å². The van der Waals surface area contributed by atoms with Crippen LogP contribution >= 0.6 is 0 Å². The molecule has 0 aromatic heterocycles. The van der Waals surface area contributed by atoms with Gasteiger partial charge in [0.2, 0.25) is 0 Å². The number of aliphatic hydroxyl groups is 1. The first-order valence-corrected chi connectivity index (χ1v) is 6.49. The molecule has 1 aliphatic carbocycles. The molecule has 2 rings (SSSR count). The minimum atomic E-state index is -0.316. The van der Waals surface area contributed by atoms with Crippen molar-refractivity contribution in [2.75, 3.05) is 7.11 Å². The molecule has 17 heavy (non-hydrogen) atoms. The van der Waals surface area contributed by atoms with Crippen molar-refractivity contribution in [3.05, 3.63) is 28.3 Å². The highest BCUT2D eigenvalue weighted by atomic mass is 16.5. The van der Waals surface area contributed by atoms with Crippen LogP contribution in [0, 0.1) is 6.92 Å². The van der Waals surface area contributed by atoms with Crippen molar-refractivity contribution >= 4 is 0 Å². The van der Waals surface area contributed by atoms with Crippen LogP contribution in [-0.2, 0) is 19.3 Å². The van der Waals surface area contributed by atoms with Gasteiger partial charge in [-0.2, -0.15) is 0 Å². The van der Waals surface area contributed by atoms with Crippen molar-refractivity contribution in [1.29, 1.82) is 0 Å². The fourth-order valence-corrected chi connectivity index (χ4v) is 2.86. The van der Waals surface area contributed by atoms with Gasteiger partial charge in [-0.25, -0.2) is 0 Å². The number of rotatable bonds is 3. The number of methoxy groups -OCH3 is 1. The Morgan fingerprint density at radius 3 is 2.71 bits per heavy atom. The number of benzene rings is 1. The Balaban J connectivity index is 2.48. The Bertz CT molecular complexity index is 408. The molecule has 1 atom stereocenters. The molecule has 1 N–H and O–H groups in total. The lowest BCUT2D eigenvalue weighted by Crippen LogP contribution is -2.12. The molecule has 0 amide bonds. The molecule has 2 heteroatoms. The lowest BCUT2D eigenvalue weighted by Gasteiger charge is -2.23. The van der Waals surface area contributed by atoms with Crippen LogP contribution in [0.1, 0.15) is 42.0 Å². The van der Waals surface area contributed by atoms with Gasteiger partial charge in [-0.15, -0.1) is 0 Å². The van der Waals surface area contributed by atoms with Gasteiger partial charge < -0.3 is 9.84 Å². The van der Waals surface area contributed by atoms with Crippen LogP contribution in [0.3, 0.4) is 0 Å². The number of ether oxygens (including phenoxy) is 1. The first-order valence-electron chi connectivity index (χ1n) is 6.49. The molecule has 94 valence electrons. The molecule has 1 aromatic rings. The van der Waals surface area contributed by atoms with Crippen molar-refractivity contribution in [3.8, 4) is 5.75 Å². The SMILES string of the molecule is COc1cc2c(c(C)c1CC(C)O)CCCC2. The maximum Gasteiger partial charge on any atom is 0.122 e. The van der Waals surface area contributed by atoms with Crippen molar-refractivity contribution in [2.45, 2.75) is 52.1 Å². The smallest absolute Gasteiger partial charge is 0.122 e. The zero-order valence-corrected chi connectivity index (χ0v) is 11.0. The average molecular weight is 234 g/mol. The largest absolute Gasteiger partial charge is 0.496 e. The van der Waals surface area contributed by atoms with E-state index in [1.54, 1.807) is 7.11 Å². The lowest BCUT2D eigenvalue weighted by molar-refractivity contribution is 0.194. The fraction of sp³-hybridized carbons (Fsp3) is 0.600. The average Bonchev–Trinajstić information content (AvgIpc) is 2.32. The molecule has 0 fully saturated rings. The van der Waals surface area contributed by atoms with Crippen LogP contribution in [-0.4, -0.2) is 18.3 Å². The van der Waals surface area contributed by atoms with Gasteiger partial charge in [0, 0.05) is 6.42 Å². The van der Waals surface area contributed by atoms with E-state index in [1.165, 1.54) is 47.9 Å². The Kier molecular flexibility index (Phi) is 3.72. The number of fused-ring (bicyclic) bond motifs is 1. The summed E-state index contributed by atoms with van der Waals surface area (Å²) in [6.07, 6.45) is 5.28. The second-order valence-electron chi connectivity index (χ2n) is 5.08. The van der Waals surface area contributed by atoms with Gasteiger partial charge in [-0.1, -0.05) is 0 Å². The fourth-order valence-electron chi connectivity index (χ4n) is 2.86. The van der Waals surface area contributed by atoms with Gasteiger partial charge >= 0.3 is 0 Å². The van der Waals surface area contributed by atoms with Gasteiger partial charge in [-0.3, -0.25) is 0 Å². The van der Waals surface area contributed by atoms with Gasteiger partial charge in [-0.05, 0) is 67.9 Å². The number of aliphatic hydroxyl groups excluding tert-OH is 1. The Morgan fingerprint density at radius 1 is 1.35 bits per heavy atom. The molecule has 1 aromatic carbocycles. The normalized spacial score (nSPS) is 16.5. The third kappa shape index (κ3) is 2.47. The lowest BCUT2D eigenvalue weighted by atomic mass is 9.85. The van der Waals surface area contributed by atoms with Gasteiger partial charge in [0.15, 0.2) is 0 Å². The molecular formula is C15H22O2. The predicted molar refractivity (Wildman–Crippen MR) is 69.8 cm³/mol. The quantitative estimate of drug-likeness (QED) is 0.871. The topological polar surface area (TPSA) is 29.5 Å². The minimum Gasteiger partial charge on any atom is -0.496 e. The molecule has 1 aliphatic rings. The summed E-state index contributed by atoms with van der Waals surface area (Å²) in [6, 6.07) is 2.18. The Hall–Kier alpha value is -1.02. The highest BCUT2D eigenvalue weighted by Gasteiger charge is 2.18. The van der Waals surface area contributed by atoms with E-state index in [0.29, 0.717) is 6.42 Å². The molecule has 0 aliphatic heterocycles. The summed E-state index contributed by atoms with van der Waals surface area (Å²) in [6.45, 7) is 4.00. The van der Waals surface area contributed by atoms with Crippen molar-refractivity contribution in [2.24, 2.45) is 0 Å². The molecule has 0 radical (unpaired) electrons. The van der Waals surface area contributed by atoms with Crippen LogP contribution in [0.5, 0.6) is 5.75 Å². The summed E-state index contributed by atoms with van der Waals surface area (Å²) in [5.41, 5.74) is 5.45. The molecule has 1 unspecified atom stereocenters.